The molecule has 0 bridgehead atoms. The van der Waals surface area contributed by atoms with E-state index in [2.05, 4.69) is 0 Å². The molecule has 2 N–H and O–H groups in total. The van der Waals surface area contributed by atoms with Crippen molar-refractivity contribution in [2.45, 2.75) is 0 Å². The van der Waals surface area contributed by atoms with Crippen LogP contribution in [0.5, 0.6) is 0 Å². The van der Waals surface area contributed by atoms with Crippen molar-refractivity contribution < 1.29 is 100 Å². The minimum atomic E-state index is 0.0196. The summed E-state index contributed by atoms with van der Waals surface area (Å²) in [5, 5.41) is 17.2. The van der Waals surface area contributed by atoms with E-state index in [1.165, 1.54) is 0 Å². The van der Waals surface area contributed by atoms with Gasteiger partial charge in [0.15, 0.2) is 0 Å². The highest BCUT2D eigenvalue weighted by molar-refractivity contribution is 7.97. The second-order valence-corrected chi connectivity index (χ2v) is 13.3. The SMILES string of the molecule is CSC.OCCOCCOCCOCCOCCOCCOCCOCCOCCOCCOCCOCCOCCOCCOCCOCCOCCOCCOCCOCCO. The molecular formula is C42H88O21S. The summed E-state index contributed by atoms with van der Waals surface area (Å²) in [4.78, 5) is 0. The smallest absolute Gasteiger partial charge is 0.0701 e. The molecule has 0 atom stereocenters. The van der Waals surface area contributed by atoms with Crippen molar-refractivity contribution in [1.82, 2.24) is 0 Å². The number of aliphatic hydroxyl groups is 2. The van der Waals surface area contributed by atoms with Crippen molar-refractivity contribution in [3.05, 3.63) is 0 Å². The van der Waals surface area contributed by atoms with Crippen LogP contribution in [0.15, 0.2) is 0 Å². The van der Waals surface area contributed by atoms with Crippen LogP contribution < -0.4 is 0 Å². The molecule has 0 aliphatic carbocycles. The van der Waals surface area contributed by atoms with Gasteiger partial charge in [0.05, 0.1) is 264 Å². The maximum atomic E-state index is 8.60. The Kier molecular flexibility index (Phi) is 68.4. The highest BCUT2D eigenvalue weighted by Crippen LogP contribution is 1.89. The molecule has 0 saturated carbocycles. The maximum Gasteiger partial charge on any atom is 0.0701 e. The molecule has 0 aliphatic heterocycles. The van der Waals surface area contributed by atoms with Gasteiger partial charge in [0.1, 0.15) is 0 Å². The lowest BCUT2D eigenvalue weighted by Crippen LogP contribution is -2.16. The predicted octanol–water partition coefficient (Wildman–Crippen LogP) is 0.266. The fourth-order valence-corrected chi connectivity index (χ4v) is 4.19. The molecule has 0 amide bonds. The molecule has 0 aromatic carbocycles. The van der Waals surface area contributed by atoms with Crippen LogP contribution in [-0.2, 0) is 90.0 Å². The molecule has 64 heavy (non-hydrogen) atoms. The van der Waals surface area contributed by atoms with Crippen LogP contribution in [0.2, 0.25) is 0 Å². The molecule has 0 rings (SSSR count). The largest absolute Gasteiger partial charge is 0.394 e. The summed E-state index contributed by atoms with van der Waals surface area (Å²) in [6, 6.07) is 0. The van der Waals surface area contributed by atoms with Crippen LogP contribution in [-0.4, -0.2) is 287 Å². The Morgan fingerprint density at radius 1 is 0.172 bits per heavy atom. The average molecular weight is 961 g/mol. The number of aliphatic hydroxyl groups excluding tert-OH is 2. The van der Waals surface area contributed by atoms with Gasteiger partial charge in [0.2, 0.25) is 0 Å². The maximum absolute atomic E-state index is 8.60. The number of hydrogen-bond acceptors (Lipinski definition) is 22. The van der Waals surface area contributed by atoms with E-state index < -0.39 is 0 Å². The first kappa shape index (κ1) is 65.6. The van der Waals surface area contributed by atoms with Gasteiger partial charge in [-0.3, -0.25) is 0 Å². The third-order valence-corrected chi connectivity index (χ3v) is 7.17. The summed E-state index contributed by atoms with van der Waals surface area (Å²) >= 11 is 1.75. The second-order valence-electron chi connectivity index (χ2n) is 12.5. The summed E-state index contributed by atoms with van der Waals surface area (Å²) < 4.78 is 103. The summed E-state index contributed by atoms with van der Waals surface area (Å²) in [7, 11) is 0. The van der Waals surface area contributed by atoms with Gasteiger partial charge in [-0.25, -0.2) is 0 Å². The Balaban J connectivity index is 0. The van der Waals surface area contributed by atoms with Gasteiger partial charge in [-0.1, -0.05) is 0 Å². The lowest BCUT2D eigenvalue weighted by Gasteiger charge is -2.09. The summed E-state index contributed by atoms with van der Waals surface area (Å²) in [6.45, 7) is 18.4. The first-order chi connectivity index (χ1) is 31.8. The first-order valence-electron chi connectivity index (χ1n) is 22.4. The Bertz CT molecular complexity index is 716. The average Bonchev–Trinajstić information content (AvgIpc) is 3.30. The summed E-state index contributed by atoms with van der Waals surface area (Å²) in [5.74, 6) is 0. The van der Waals surface area contributed by atoms with Crippen LogP contribution in [0.4, 0.5) is 0 Å². The van der Waals surface area contributed by atoms with Gasteiger partial charge in [-0.05, 0) is 12.5 Å². The van der Waals surface area contributed by atoms with Gasteiger partial charge in [0.25, 0.3) is 0 Å². The quantitative estimate of drug-likeness (QED) is 0.0783. The predicted molar refractivity (Wildman–Crippen MR) is 239 cm³/mol. The van der Waals surface area contributed by atoms with Crippen molar-refractivity contribution in [3.63, 3.8) is 0 Å². The normalized spacial score (nSPS) is 11.4. The van der Waals surface area contributed by atoms with Crippen LogP contribution in [0.25, 0.3) is 0 Å². The fraction of sp³-hybridized carbons (Fsp3) is 1.00. The highest BCUT2D eigenvalue weighted by atomic mass is 32.2. The molecule has 0 aromatic rings. The molecule has 21 nitrogen and oxygen atoms in total. The van der Waals surface area contributed by atoms with E-state index >= 15 is 0 Å². The minimum Gasteiger partial charge on any atom is -0.394 e. The molecule has 22 heteroatoms. The van der Waals surface area contributed by atoms with E-state index in [-0.39, 0.29) is 13.2 Å². The van der Waals surface area contributed by atoms with E-state index in [4.69, 9.17) is 100 Å². The van der Waals surface area contributed by atoms with Crippen LogP contribution in [0, 0.1) is 0 Å². The van der Waals surface area contributed by atoms with Gasteiger partial charge < -0.3 is 100 Å². The fourth-order valence-electron chi connectivity index (χ4n) is 4.19. The van der Waals surface area contributed by atoms with Gasteiger partial charge in [-0.15, -0.1) is 0 Å². The standard InChI is InChI=1S/C40H82O21.C2H6S/c41-1-3-43-5-7-45-9-11-47-13-15-49-17-19-51-21-23-53-25-27-55-29-31-57-33-35-59-37-39-61-40-38-60-36-34-58-32-30-56-28-26-54-24-22-52-20-18-50-16-14-48-12-10-46-8-6-44-4-2-42;1-3-2/h41-42H,1-40H2;1-2H3. The molecular weight excluding hydrogens is 873 g/mol. The lowest BCUT2D eigenvalue weighted by molar-refractivity contribution is -0.0313. The van der Waals surface area contributed by atoms with Gasteiger partial charge in [-0.2, -0.15) is 11.8 Å². The van der Waals surface area contributed by atoms with Crippen molar-refractivity contribution >= 4 is 11.8 Å². The van der Waals surface area contributed by atoms with Crippen molar-refractivity contribution in [3.8, 4) is 0 Å². The number of rotatable bonds is 58. The van der Waals surface area contributed by atoms with Crippen molar-refractivity contribution in [2.24, 2.45) is 0 Å². The molecule has 0 spiro atoms. The molecule has 0 heterocycles. The Labute approximate surface area is 388 Å². The third kappa shape index (κ3) is 68.1. The number of hydrogen-bond donors (Lipinski definition) is 2. The minimum absolute atomic E-state index is 0.0196. The van der Waals surface area contributed by atoms with Crippen molar-refractivity contribution in [1.29, 1.82) is 0 Å². The molecule has 0 aromatic heterocycles. The second kappa shape index (κ2) is 66.8. The molecule has 388 valence electrons. The summed E-state index contributed by atoms with van der Waals surface area (Å²) in [6.07, 6.45) is 4.08. The molecule has 0 fully saturated rings. The third-order valence-electron chi connectivity index (χ3n) is 7.17. The first-order valence-corrected chi connectivity index (χ1v) is 24.1. The van der Waals surface area contributed by atoms with E-state index in [0.717, 1.165) is 0 Å². The Morgan fingerprint density at radius 3 is 0.297 bits per heavy atom. The zero-order valence-electron chi connectivity index (χ0n) is 39.3. The number of thioether (sulfide) groups is 1. The lowest BCUT2D eigenvalue weighted by atomic mass is 10.6. The van der Waals surface area contributed by atoms with Crippen LogP contribution in [0.3, 0.4) is 0 Å². The van der Waals surface area contributed by atoms with Crippen LogP contribution >= 0.6 is 11.8 Å². The van der Waals surface area contributed by atoms with Crippen molar-refractivity contribution in [2.75, 3.05) is 277 Å². The monoisotopic (exact) mass is 961 g/mol. The van der Waals surface area contributed by atoms with E-state index in [9.17, 15) is 0 Å². The van der Waals surface area contributed by atoms with E-state index in [1.54, 1.807) is 11.8 Å². The van der Waals surface area contributed by atoms with E-state index in [1.807, 2.05) is 12.5 Å². The molecule has 0 aliphatic rings. The van der Waals surface area contributed by atoms with Crippen LogP contribution in [0.1, 0.15) is 0 Å². The summed E-state index contributed by atoms with van der Waals surface area (Å²) in [5.41, 5.74) is 0. The Morgan fingerprint density at radius 2 is 0.234 bits per heavy atom. The zero-order chi connectivity index (χ0) is 46.4. The van der Waals surface area contributed by atoms with Gasteiger partial charge in [0, 0.05) is 0 Å². The topological polar surface area (TPSA) is 216 Å². The number of ether oxygens (including phenoxy) is 19. The molecule has 0 radical (unpaired) electrons. The zero-order valence-corrected chi connectivity index (χ0v) is 40.2. The molecule has 0 saturated heterocycles. The van der Waals surface area contributed by atoms with Gasteiger partial charge >= 0.3 is 0 Å². The Hall–Kier alpha value is -0.490. The highest BCUT2D eigenvalue weighted by Gasteiger charge is 1.99. The molecule has 0 unspecified atom stereocenters. The van der Waals surface area contributed by atoms with E-state index in [0.29, 0.717) is 251 Å².